The second kappa shape index (κ2) is 10.2. The van der Waals surface area contributed by atoms with Crippen molar-refractivity contribution in [2.24, 2.45) is 5.92 Å². The molecule has 0 aliphatic carbocycles. The average Bonchev–Trinajstić information content (AvgIpc) is 2.48. The number of hydrogen-bond acceptors (Lipinski definition) is 5. The molecule has 0 aromatic rings. The Morgan fingerprint density at radius 3 is 2.09 bits per heavy atom. The number of aliphatic hydroxyl groups excluding tert-OH is 1. The van der Waals surface area contributed by atoms with Crippen molar-refractivity contribution in [3.63, 3.8) is 0 Å². The second-order valence-corrected chi connectivity index (χ2v) is 6.07. The molecule has 0 aromatic carbocycles. The molecular weight excluding hydrogens is 300 g/mol. The van der Waals surface area contributed by atoms with E-state index in [0.29, 0.717) is 12.3 Å². The fraction of sp³-hybridized carbons (Fsp3) is 0.800. The summed E-state index contributed by atoms with van der Waals surface area (Å²) in [5.74, 6) is -0.899. The smallest absolute Gasteiger partial charge is 0.248 e. The summed E-state index contributed by atoms with van der Waals surface area (Å²) in [4.78, 5) is 37.2. The Morgan fingerprint density at radius 2 is 1.70 bits per heavy atom. The summed E-state index contributed by atoms with van der Waals surface area (Å²) in [6.07, 6.45) is -0.466. The van der Waals surface area contributed by atoms with Crippen molar-refractivity contribution in [3.8, 4) is 0 Å². The van der Waals surface area contributed by atoms with Gasteiger partial charge in [-0.2, -0.15) is 0 Å². The molecule has 0 rings (SSSR count). The van der Waals surface area contributed by atoms with Gasteiger partial charge in [0.1, 0.15) is 6.04 Å². The topological polar surface area (TPSA) is 111 Å². The van der Waals surface area contributed by atoms with Crippen molar-refractivity contribution in [3.05, 3.63) is 0 Å². The van der Waals surface area contributed by atoms with Crippen LogP contribution in [0.2, 0.25) is 0 Å². The number of carbonyl (C=O) groups is 3. The number of likely N-dealkylation sites (N-methyl/N-ethyl adjacent to an activating group) is 3. The highest BCUT2D eigenvalue weighted by atomic mass is 16.3. The minimum atomic E-state index is -1.10. The Bertz CT molecular complexity index is 412. The highest BCUT2D eigenvalue weighted by Gasteiger charge is 2.31. The molecule has 0 aliphatic rings. The fourth-order valence-electron chi connectivity index (χ4n) is 2.08. The Labute approximate surface area is 138 Å². The maximum absolute atomic E-state index is 12.4. The van der Waals surface area contributed by atoms with E-state index in [9.17, 15) is 19.5 Å². The Hall–Kier alpha value is -1.67. The third-order valence-corrected chi connectivity index (χ3v) is 3.45. The summed E-state index contributed by atoms with van der Waals surface area (Å²) < 4.78 is 0. The first-order valence-corrected chi connectivity index (χ1v) is 7.75. The molecule has 23 heavy (non-hydrogen) atoms. The number of hydrogen-bond donors (Lipinski definition) is 4. The molecule has 134 valence electrons. The van der Waals surface area contributed by atoms with Crippen molar-refractivity contribution in [2.45, 2.75) is 45.4 Å². The number of rotatable bonds is 9. The van der Waals surface area contributed by atoms with Gasteiger partial charge in [-0.3, -0.25) is 14.4 Å². The van der Waals surface area contributed by atoms with E-state index in [2.05, 4.69) is 16.0 Å². The SMILES string of the molecule is CNC(=O)CN(C)C(=O)[C@@H](NC(=O)[C@H](CC(C)C)NC)[C@@H](C)O. The molecule has 0 bridgehead atoms. The Balaban J connectivity index is 4.94. The molecule has 0 spiro atoms. The van der Waals surface area contributed by atoms with Crippen LogP contribution in [-0.2, 0) is 14.4 Å². The fourth-order valence-corrected chi connectivity index (χ4v) is 2.08. The quantitative estimate of drug-likeness (QED) is 0.420. The second-order valence-electron chi connectivity index (χ2n) is 6.07. The van der Waals surface area contributed by atoms with Gasteiger partial charge in [0.05, 0.1) is 18.7 Å². The van der Waals surface area contributed by atoms with Gasteiger partial charge in [0, 0.05) is 14.1 Å². The van der Waals surface area contributed by atoms with Crippen molar-refractivity contribution in [1.82, 2.24) is 20.9 Å². The number of aliphatic hydroxyl groups is 1. The molecule has 3 atom stereocenters. The van der Waals surface area contributed by atoms with Gasteiger partial charge >= 0.3 is 0 Å². The lowest BCUT2D eigenvalue weighted by atomic mass is 10.0. The maximum atomic E-state index is 12.4. The predicted octanol–water partition coefficient (Wildman–Crippen LogP) is -1.31. The van der Waals surface area contributed by atoms with Crippen molar-refractivity contribution < 1.29 is 19.5 Å². The van der Waals surface area contributed by atoms with Crippen LogP contribution in [0.4, 0.5) is 0 Å². The van der Waals surface area contributed by atoms with E-state index in [1.54, 1.807) is 7.05 Å². The van der Waals surface area contributed by atoms with E-state index >= 15 is 0 Å². The minimum Gasteiger partial charge on any atom is -0.391 e. The van der Waals surface area contributed by atoms with E-state index in [1.165, 1.54) is 25.9 Å². The summed E-state index contributed by atoms with van der Waals surface area (Å²) >= 11 is 0. The van der Waals surface area contributed by atoms with E-state index in [1.807, 2.05) is 13.8 Å². The molecule has 8 nitrogen and oxygen atoms in total. The van der Waals surface area contributed by atoms with E-state index < -0.39 is 24.1 Å². The van der Waals surface area contributed by atoms with Crippen LogP contribution in [0.5, 0.6) is 0 Å². The highest BCUT2D eigenvalue weighted by Crippen LogP contribution is 2.06. The lowest BCUT2D eigenvalue weighted by Gasteiger charge is -2.28. The van der Waals surface area contributed by atoms with Crippen molar-refractivity contribution in [2.75, 3.05) is 27.7 Å². The van der Waals surface area contributed by atoms with Gasteiger partial charge in [-0.1, -0.05) is 13.8 Å². The number of nitrogens with one attached hydrogen (secondary N) is 3. The van der Waals surface area contributed by atoms with Gasteiger partial charge in [-0.15, -0.1) is 0 Å². The van der Waals surface area contributed by atoms with Gasteiger partial charge in [0.2, 0.25) is 17.7 Å². The van der Waals surface area contributed by atoms with Gasteiger partial charge in [0.15, 0.2) is 0 Å². The monoisotopic (exact) mass is 330 g/mol. The molecule has 0 heterocycles. The summed E-state index contributed by atoms with van der Waals surface area (Å²) in [5.41, 5.74) is 0. The molecular formula is C15H30N4O4. The zero-order chi connectivity index (χ0) is 18.2. The van der Waals surface area contributed by atoms with E-state index in [-0.39, 0.29) is 18.4 Å². The van der Waals surface area contributed by atoms with Crippen LogP contribution < -0.4 is 16.0 Å². The van der Waals surface area contributed by atoms with Crippen LogP contribution in [0.1, 0.15) is 27.2 Å². The standard InChI is InChI=1S/C15H30N4O4/c1-9(2)7-11(16-4)14(22)18-13(10(3)20)15(23)19(6)8-12(21)17-5/h9-11,13,16,20H,7-8H2,1-6H3,(H,17,21)(H,18,22)/t10-,11+,13+/m1/s1. The molecule has 0 saturated carbocycles. The first-order chi connectivity index (χ1) is 10.6. The minimum absolute atomic E-state index is 0.143. The van der Waals surface area contributed by atoms with Crippen LogP contribution in [0, 0.1) is 5.92 Å². The van der Waals surface area contributed by atoms with Crippen molar-refractivity contribution >= 4 is 17.7 Å². The van der Waals surface area contributed by atoms with Crippen LogP contribution in [0.25, 0.3) is 0 Å². The molecule has 3 amide bonds. The molecule has 0 fully saturated rings. The molecule has 4 N–H and O–H groups in total. The van der Waals surface area contributed by atoms with E-state index in [0.717, 1.165) is 0 Å². The molecule has 8 heteroatoms. The van der Waals surface area contributed by atoms with E-state index in [4.69, 9.17) is 0 Å². The lowest BCUT2D eigenvalue weighted by Crippen LogP contribution is -2.57. The van der Waals surface area contributed by atoms with Crippen LogP contribution in [0.3, 0.4) is 0 Å². The molecule has 0 saturated heterocycles. The molecule has 0 unspecified atom stereocenters. The van der Waals surface area contributed by atoms with Gasteiger partial charge in [-0.05, 0) is 26.3 Å². The molecule has 0 radical (unpaired) electrons. The van der Waals surface area contributed by atoms with Crippen LogP contribution >= 0.6 is 0 Å². The van der Waals surface area contributed by atoms with Crippen LogP contribution in [-0.4, -0.2) is 73.6 Å². The average molecular weight is 330 g/mol. The van der Waals surface area contributed by atoms with Gasteiger partial charge in [0.25, 0.3) is 0 Å². The molecule has 0 aliphatic heterocycles. The first kappa shape index (κ1) is 21.3. The highest BCUT2D eigenvalue weighted by molar-refractivity contribution is 5.92. The summed E-state index contributed by atoms with van der Waals surface area (Å²) in [7, 11) is 4.59. The maximum Gasteiger partial charge on any atom is 0.248 e. The summed E-state index contributed by atoms with van der Waals surface area (Å²) in [6, 6.07) is -1.55. The van der Waals surface area contributed by atoms with Crippen molar-refractivity contribution in [1.29, 1.82) is 0 Å². The number of nitrogens with zero attached hydrogens (tertiary/aromatic N) is 1. The third-order valence-electron chi connectivity index (χ3n) is 3.45. The number of carbonyl (C=O) groups excluding carboxylic acids is 3. The van der Waals surface area contributed by atoms with Gasteiger partial charge < -0.3 is 26.0 Å². The zero-order valence-corrected chi connectivity index (χ0v) is 14.8. The molecule has 0 aromatic heterocycles. The summed E-state index contributed by atoms with van der Waals surface area (Å²) in [6.45, 7) is 5.27. The largest absolute Gasteiger partial charge is 0.391 e. The summed E-state index contributed by atoms with van der Waals surface area (Å²) in [5, 5.41) is 17.7. The Morgan fingerprint density at radius 1 is 1.13 bits per heavy atom. The third kappa shape index (κ3) is 7.43. The lowest BCUT2D eigenvalue weighted by molar-refractivity contribution is -0.141. The van der Waals surface area contributed by atoms with Crippen LogP contribution in [0.15, 0.2) is 0 Å². The van der Waals surface area contributed by atoms with Gasteiger partial charge in [-0.25, -0.2) is 0 Å². The normalized spacial score (nSPS) is 14.8. The Kier molecular flexibility index (Phi) is 9.43. The first-order valence-electron chi connectivity index (χ1n) is 7.75. The zero-order valence-electron chi connectivity index (χ0n) is 14.8. The number of amides is 3. The predicted molar refractivity (Wildman–Crippen MR) is 87.6 cm³/mol.